The molecule has 1 fully saturated rings. The van der Waals surface area contributed by atoms with Gasteiger partial charge in [-0.3, -0.25) is 10.1 Å². The van der Waals surface area contributed by atoms with E-state index in [0.717, 1.165) is 25.7 Å². The molecule has 2 aliphatic carbocycles. The lowest BCUT2D eigenvalue weighted by molar-refractivity contribution is -0.306. The molecule has 5 atom stereocenters. The first-order valence-electron chi connectivity index (χ1n) is 7.16. The second-order valence-electron chi connectivity index (χ2n) is 6.48. The van der Waals surface area contributed by atoms with Crippen molar-refractivity contribution >= 4 is 5.97 Å². The molecular formula is C15H24O4. The number of carboxylic acid groups (broad SMARTS) is 1. The van der Waals surface area contributed by atoms with Gasteiger partial charge < -0.3 is 5.11 Å². The summed E-state index contributed by atoms with van der Waals surface area (Å²) < 4.78 is 0. The quantitative estimate of drug-likeness (QED) is 0.468. The van der Waals surface area contributed by atoms with E-state index in [0.29, 0.717) is 11.8 Å². The molecule has 0 aromatic heterocycles. The molecule has 0 spiro atoms. The fourth-order valence-corrected chi connectivity index (χ4v) is 3.73. The summed E-state index contributed by atoms with van der Waals surface area (Å²) in [4.78, 5) is 15.9. The van der Waals surface area contributed by atoms with Gasteiger partial charge in [-0.2, -0.15) is 0 Å². The Morgan fingerprint density at radius 3 is 2.74 bits per heavy atom. The second-order valence-corrected chi connectivity index (χ2v) is 6.48. The average Bonchev–Trinajstić information content (AvgIpc) is 2.38. The molecule has 108 valence electrons. The monoisotopic (exact) mass is 268 g/mol. The lowest BCUT2D eigenvalue weighted by Gasteiger charge is -2.44. The number of hydrogen-bond donors (Lipinski definition) is 2. The molecular weight excluding hydrogens is 244 g/mol. The van der Waals surface area contributed by atoms with E-state index in [1.807, 2.05) is 13.0 Å². The van der Waals surface area contributed by atoms with E-state index in [-0.39, 0.29) is 11.8 Å². The van der Waals surface area contributed by atoms with Crippen molar-refractivity contribution in [1.29, 1.82) is 0 Å². The van der Waals surface area contributed by atoms with Gasteiger partial charge in [0.2, 0.25) is 0 Å². The number of rotatable bonds is 3. The van der Waals surface area contributed by atoms with E-state index in [2.05, 4.69) is 11.8 Å². The minimum Gasteiger partial charge on any atom is -0.481 e. The van der Waals surface area contributed by atoms with Gasteiger partial charge in [0.15, 0.2) is 0 Å². The molecule has 2 N–H and O–H groups in total. The highest BCUT2D eigenvalue weighted by molar-refractivity contribution is 5.70. The highest BCUT2D eigenvalue weighted by Gasteiger charge is 2.42. The van der Waals surface area contributed by atoms with Gasteiger partial charge in [0, 0.05) is 0 Å². The molecule has 0 bridgehead atoms. The molecule has 0 heterocycles. The molecule has 19 heavy (non-hydrogen) atoms. The molecule has 0 amide bonds. The predicted octanol–water partition coefficient (Wildman–Crippen LogP) is 3.34. The Morgan fingerprint density at radius 2 is 2.16 bits per heavy atom. The Balaban J connectivity index is 2.33. The van der Waals surface area contributed by atoms with Gasteiger partial charge in [0.1, 0.15) is 5.60 Å². The number of fused-ring (bicyclic) bond motifs is 1. The van der Waals surface area contributed by atoms with E-state index < -0.39 is 11.6 Å². The SMILES string of the molecule is C[C@@H]1CCC([C@H](C)C(=O)O)C2=C[C@](C)(OO)CCC21. The van der Waals surface area contributed by atoms with Crippen LogP contribution in [0.2, 0.25) is 0 Å². The van der Waals surface area contributed by atoms with Gasteiger partial charge in [-0.05, 0) is 50.4 Å². The summed E-state index contributed by atoms with van der Waals surface area (Å²) in [5.41, 5.74) is 0.538. The van der Waals surface area contributed by atoms with Crippen LogP contribution in [0, 0.1) is 23.7 Å². The summed E-state index contributed by atoms with van der Waals surface area (Å²) in [6, 6.07) is 0. The summed E-state index contributed by atoms with van der Waals surface area (Å²) >= 11 is 0. The number of allylic oxidation sites excluding steroid dienone is 1. The summed E-state index contributed by atoms with van der Waals surface area (Å²) in [5.74, 6) is 0.00248. The molecule has 2 aliphatic rings. The van der Waals surface area contributed by atoms with Crippen LogP contribution in [-0.4, -0.2) is 21.9 Å². The van der Waals surface area contributed by atoms with E-state index in [9.17, 15) is 9.90 Å². The Hall–Kier alpha value is -0.870. The maximum atomic E-state index is 11.3. The van der Waals surface area contributed by atoms with E-state index >= 15 is 0 Å². The zero-order valence-corrected chi connectivity index (χ0v) is 11.9. The molecule has 0 aromatic carbocycles. The third-order valence-electron chi connectivity index (χ3n) is 5.10. The maximum Gasteiger partial charge on any atom is 0.306 e. The smallest absolute Gasteiger partial charge is 0.306 e. The summed E-state index contributed by atoms with van der Waals surface area (Å²) in [7, 11) is 0. The van der Waals surface area contributed by atoms with Crippen LogP contribution in [0.15, 0.2) is 11.6 Å². The normalized spacial score (nSPS) is 40.2. The largest absolute Gasteiger partial charge is 0.481 e. The van der Waals surface area contributed by atoms with Gasteiger partial charge in [0.05, 0.1) is 5.92 Å². The van der Waals surface area contributed by atoms with Crippen LogP contribution < -0.4 is 0 Å². The van der Waals surface area contributed by atoms with Crippen LogP contribution in [0.5, 0.6) is 0 Å². The molecule has 0 saturated heterocycles. The van der Waals surface area contributed by atoms with Gasteiger partial charge in [-0.15, -0.1) is 0 Å². The topological polar surface area (TPSA) is 66.8 Å². The van der Waals surface area contributed by atoms with Crippen molar-refractivity contribution < 1.29 is 20.0 Å². The van der Waals surface area contributed by atoms with E-state index in [1.54, 1.807) is 6.92 Å². The second kappa shape index (κ2) is 5.25. The Labute approximate surface area is 114 Å². The first-order chi connectivity index (χ1) is 8.88. The van der Waals surface area contributed by atoms with Crippen LogP contribution in [-0.2, 0) is 9.68 Å². The summed E-state index contributed by atoms with van der Waals surface area (Å²) in [6.07, 6.45) is 5.74. The fourth-order valence-electron chi connectivity index (χ4n) is 3.73. The lowest BCUT2D eigenvalue weighted by Crippen LogP contribution is -2.39. The molecule has 2 rings (SSSR count). The van der Waals surface area contributed by atoms with Crippen LogP contribution in [0.4, 0.5) is 0 Å². The van der Waals surface area contributed by atoms with Crippen molar-refractivity contribution in [2.75, 3.05) is 0 Å². The molecule has 4 nitrogen and oxygen atoms in total. The minimum absolute atomic E-state index is 0.0773. The standard InChI is InChI=1S/C15H24O4/c1-9-4-5-12(10(2)14(16)17)13-8-15(3,19-18)7-6-11(9)13/h8-12,18H,4-7H2,1-3H3,(H,16,17)/t9-,10+,11?,12?,15-/m1/s1. The van der Waals surface area contributed by atoms with Gasteiger partial charge >= 0.3 is 5.97 Å². The molecule has 0 radical (unpaired) electrons. The van der Waals surface area contributed by atoms with E-state index in [1.165, 1.54) is 5.57 Å². The third-order valence-corrected chi connectivity index (χ3v) is 5.10. The van der Waals surface area contributed by atoms with Crippen LogP contribution >= 0.6 is 0 Å². The van der Waals surface area contributed by atoms with Gasteiger partial charge in [0.25, 0.3) is 0 Å². The van der Waals surface area contributed by atoms with Crippen LogP contribution in [0.1, 0.15) is 46.5 Å². The predicted molar refractivity (Wildman–Crippen MR) is 71.6 cm³/mol. The van der Waals surface area contributed by atoms with Gasteiger partial charge in [-0.25, -0.2) is 4.89 Å². The third kappa shape index (κ3) is 2.70. The van der Waals surface area contributed by atoms with Crippen LogP contribution in [0.3, 0.4) is 0 Å². The minimum atomic E-state index is -0.739. The number of carbonyl (C=O) groups is 1. The highest BCUT2D eigenvalue weighted by atomic mass is 17.1. The molecule has 0 aromatic rings. The van der Waals surface area contributed by atoms with Crippen LogP contribution in [0.25, 0.3) is 0 Å². The molecule has 2 unspecified atom stereocenters. The number of aliphatic carboxylic acids is 1. The van der Waals surface area contributed by atoms with Crippen molar-refractivity contribution in [2.45, 2.75) is 52.1 Å². The first kappa shape index (κ1) is 14.5. The summed E-state index contributed by atoms with van der Waals surface area (Å²) in [5, 5.41) is 18.3. The van der Waals surface area contributed by atoms with Crippen molar-refractivity contribution in [3.8, 4) is 0 Å². The fraction of sp³-hybridized carbons (Fsp3) is 0.800. The average molecular weight is 268 g/mol. The maximum absolute atomic E-state index is 11.3. The number of carboxylic acids is 1. The number of hydrogen-bond acceptors (Lipinski definition) is 3. The lowest BCUT2D eigenvalue weighted by atomic mass is 9.62. The molecule has 4 heteroatoms. The zero-order valence-electron chi connectivity index (χ0n) is 11.9. The Morgan fingerprint density at radius 1 is 1.47 bits per heavy atom. The van der Waals surface area contributed by atoms with Crippen molar-refractivity contribution in [1.82, 2.24) is 0 Å². The molecule has 1 saturated carbocycles. The zero-order chi connectivity index (χ0) is 14.2. The van der Waals surface area contributed by atoms with Crippen molar-refractivity contribution in [3.05, 3.63) is 11.6 Å². The molecule has 0 aliphatic heterocycles. The Bertz CT molecular complexity index is 390. The highest BCUT2D eigenvalue weighted by Crippen LogP contribution is 2.48. The van der Waals surface area contributed by atoms with Crippen molar-refractivity contribution in [2.24, 2.45) is 23.7 Å². The first-order valence-corrected chi connectivity index (χ1v) is 7.16. The van der Waals surface area contributed by atoms with Crippen molar-refractivity contribution in [3.63, 3.8) is 0 Å². The van der Waals surface area contributed by atoms with E-state index in [4.69, 9.17) is 5.26 Å². The Kier molecular flexibility index (Phi) is 4.02. The van der Waals surface area contributed by atoms with Gasteiger partial charge in [-0.1, -0.05) is 25.5 Å². The summed E-state index contributed by atoms with van der Waals surface area (Å²) in [6.45, 7) is 5.88.